The van der Waals surface area contributed by atoms with Crippen LogP contribution in [0, 0.1) is 6.92 Å². The number of hydrogen-bond acceptors (Lipinski definition) is 4. The van der Waals surface area contributed by atoms with Crippen LogP contribution in [-0.4, -0.2) is 13.0 Å². The number of nitrogens with zero attached hydrogens (tertiary/aromatic N) is 1. The molecule has 0 saturated carbocycles. The molecule has 4 aromatic rings. The van der Waals surface area contributed by atoms with Crippen LogP contribution in [0.5, 0.6) is 0 Å². The quantitative estimate of drug-likeness (QED) is 0.231. The average molecular weight is 475 g/mol. The number of rotatable bonds is 3. The molecule has 0 atom stereocenters. The fourth-order valence-electron chi connectivity index (χ4n) is 5.50. The van der Waals surface area contributed by atoms with Crippen molar-refractivity contribution in [3.63, 3.8) is 0 Å². The van der Waals surface area contributed by atoms with Gasteiger partial charge in [-0.25, -0.2) is 0 Å². The van der Waals surface area contributed by atoms with E-state index >= 15 is 0 Å². The van der Waals surface area contributed by atoms with Crippen LogP contribution in [0.2, 0.25) is 0 Å². The van der Waals surface area contributed by atoms with E-state index in [4.69, 9.17) is 0 Å². The second-order valence-electron chi connectivity index (χ2n) is 10.6. The molecule has 0 spiro atoms. The molecule has 6 rings (SSSR count). The summed E-state index contributed by atoms with van der Waals surface area (Å²) in [6.45, 7) is 9.27. The highest BCUT2D eigenvalue weighted by Crippen LogP contribution is 2.42. The molecule has 5 heteroatoms. The van der Waals surface area contributed by atoms with Crippen LogP contribution in [0.1, 0.15) is 31.9 Å². The molecule has 0 aliphatic carbocycles. The molecule has 2 heterocycles. The van der Waals surface area contributed by atoms with Gasteiger partial charge in [-0.2, -0.15) is 0 Å². The Labute approximate surface area is 213 Å². The van der Waals surface area contributed by atoms with Crippen molar-refractivity contribution in [1.29, 1.82) is 0 Å². The van der Waals surface area contributed by atoms with Crippen molar-refractivity contribution in [3.8, 4) is 0 Å². The molecule has 0 fully saturated rings. The van der Waals surface area contributed by atoms with Crippen molar-refractivity contribution in [2.75, 3.05) is 21.2 Å². The van der Waals surface area contributed by atoms with E-state index < -0.39 is 0 Å². The van der Waals surface area contributed by atoms with Gasteiger partial charge in [0.15, 0.2) is 0 Å². The Morgan fingerprint density at radius 3 is 2.31 bits per heavy atom. The van der Waals surface area contributed by atoms with Crippen LogP contribution in [0.25, 0.3) is 0 Å². The minimum absolute atomic E-state index is 0.0289. The Kier molecular flexibility index (Phi) is 5.15. The topological polar surface area (TPSA) is 27.3 Å². The van der Waals surface area contributed by atoms with Gasteiger partial charge >= 0.3 is 0 Å². The molecule has 0 saturated heterocycles. The molecule has 4 aromatic carbocycles. The van der Waals surface area contributed by atoms with E-state index in [9.17, 15) is 0 Å². The van der Waals surface area contributed by atoms with Gasteiger partial charge in [0.25, 0.3) is 6.71 Å². The number of nitrogens with one attached hydrogen (secondary N) is 2. The monoisotopic (exact) mass is 475 g/mol. The lowest BCUT2D eigenvalue weighted by Crippen LogP contribution is -2.60. The highest BCUT2D eigenvalue weighted by molar-refractivity contribution is 7.99. The summed E-state index contributed by atoms with van der Waals surface area (Å²) < 4.78 is 3.46. The molecule has 3 nitrogen and oxygen atoms in total. The highest BCUT2D eigenvalue weighted by atomic mass is 32.2. The van der Waals surface area contributed by atoms with Crippen molar-refractivity contribution < 1.29 is 0 Å². The maximum atomic E-state index is 3.84. The summed E-state index contributed by atoms with van der Waals surface area (Å²) in [5.41, 5.74) is 13.9. The van der Waals surface area contributed by atoms with E-state index in [2.05, 4.69) is 128 Å². The van der Waals surface area contributed by atoms with E-state index in [0.717, 1.165) is 5.69 Å². The van der Waals surface area contributed by atoms with E-state index in [1.165, 1.54) is 56.0 Å². The predicted octanol–water partition coefficient (Wildman–Crippen LogP) is 6.34. The maximum absolute atomic E-state index is 3.84. The normalized spacial score (nSPS) is 13.5. The minimum atomic E-state index is 0.0289. The Bertz CT molecular complexity index is 1440. The summed E-state index contributed by atoms with van der Waals surface area (Å²) in [4.78, 5) is 2.45. The van der Waals surface area contributed by atoms with Crippen molar-refractivity contribution >= 4 is 69.2 Å². The zero-order valence-electron chi connectivity index (χ0n) is 20.9. The van der Waals surface area contributed by atoms with Crippen molar-refractivity contribution in [2.45, 2.75) is 33.1 Å². The summed E-state index contributed by atoms with van der Waals surface area (Å²) in [6, 6.07) is 29.1. The van der Waals surface area contributed by atoms with E-state index in [0.29, 0.717) is 0 Å². The molecular weight excluding hydrogens is 445 g/mol. The Balaban J connectivity index is 1.68. The van der Waals surface area contributed by atoms with Crippen molar-refractivity contribution in [3.05, 3.63) is 90.0 Å². The second kappa shape index (κ2) is 8.13. The van der Waals surface area contributed by atoms with E-state index in [-0.39, 0.29) is 12.1 Å². The third kappa shape index (κ3) is 3.52. The number of benzene rings is 4. The van der Waals surface area contributed by atoms with Gasteiger partial charge in [0, 0.05) is 40.4 Å². The first-order chi connectivity index (χ1) is 16.9. The van der Waals surface area contributed by atoms with Gasteiger partial charge in [-0.05, 0) is 76.3 Å². The van der Waals surface area contributed by atoms with Crippen molar-refractivity contribution in [1.82, 2.24) is 0 Å². The standard InChI is InChI=1S/C30H30BN3S/c1-19-15-23-25(18-24(19)33-35-5)32-26-16-20(30(2,3)4)17-28-29(26)31(23)22-13-9-10-14-27(22)34(28)21-11-7-6-8-12-21/h6-18,32-33H,1-5H3. The van der Waals surface area contributed by atoms with Gasteiger partial charge in [0.1, 0.15) is 0 Å². The van der Waals surface area contributed by atoms with Gasteiger partial charge < -0.3 is 14.9 Å². The molecule has 2 aliphatic heterocycles. The highest BCUT2D eigenvalue weighted by Gasteiger charge is 2.41. The van der Waals surface area contributed by atoms with Crippen molar-refractivity contribution in [2.24, 2.45) is 0 Å². The van der Waals surface area contributed by atoms with Crippen LogP contribution in [-0.2, 0) is 5.41 Å². The number of aryl methyl sites for hydroxylation is 1. The summed E-state index contributed by atoms with van der Waals surface area (Å²) in [5.74, 6) is 0. The molecular formula is C30H30BN3S. The van der Waals surface area contributed by atoms with E-state index in [1.807, 2.05) is 0 Å². The van der Waals surface area contributed by atoms with Gasteiger partial charge in [-0.15, -0.1) is 0 Å². The molecule has 2 N–H and O–H groups in total. The molecule has 0 amide bonds. The second-order valence-corrected chi connectivity index (χ2v) is 11.2. The zero-order chi connectivity index (χ0) is 24.3. The van der Waals surface area contributed by atoms with Gasteiger partial charge in [-0.3, -0.25) is 0 Å². The fourth-order valence-corrected chi connectivity index (χ4v) is 5.94. The van der Waals surface area contributed by atoms with E-state index in [1.54, 1.807) is 11.9 Å². The lowest BCUT2D eigenvalue weighted by atomic mass is 9.33. The van der Waals surface area contributed by atoms with Crippen LogP contribution in [0.3, 0.4) is 0 Å². The van der Waals surface area contributed by atoms with Crippen LogP contribution in [0.15, 0.2) is 78.9 Å². The SMILES string of the molecule is CSNc1cc2c(cc1C)B1c3ccccc3N(c3ccccc3)c3cc(C(C)(C)C)cc(c31)N2. The first-order valence-electron chi connectivity index (χ1n) is 12.2. The molecule has 0 bridgehead atoms. The average Bonchev–Trinajstić information content (AvgIpc) is 2.84. The Morgan fingerprint density at radius 1 is 0.829 bits per heavy atom. The zero-order valence-corrected chi connectivity index (χ0v) is 21.8. The lowest BCUT2D eigenvalue weighted by molar-refractivity contribution is 0.591. The van der Waals surface area contributed by atoms with Crippen LogP contribution in [0.4, 0.5) is 34.1 Å². The summed E-state index contributed by atoms with van der Waals surface area (Å²) in [6.07, 6.45) is 2.07. The smallest absolute Gasteiger partial charge is 0.252 e. The lowest BCUT2D eigenvalue weighted by Gasteiger charge is -2.42. The summed E-state index contributed by atoms with van der Waals surface area (Å²) in [5, 5.41) is 3.84. The first-order valence-corrected chi connectivity index (χ1v) is 13.4. The summed E-state index contributed by atoms with van der Waals surface area (Å²) >= 11 is 1.63. The number of para-hydroxylation sites is 2. The molecule has 174 valence electrons. The van der Waals surface area contributed by atoms with Crippen LogP contribution < -0.4 is 31.3 Å². The first kappa shape index (κ1) is 22.2. The Hall–Kier alpha value is -3.31. The van der Waals surface area contributed by atoms with Gasteiger partial charge in [0.05, 0.1) is 0 Å². The molecule has 35 heavy (non-hydrogen) atoms. The largest absolute Gasteiger partial charge is 0.356 e. The van der Waals surface area contributed by atoms with Crippen LogP contribution >= 0.6 is 11.9 Å². The molecule has 0 radical (unpaired) electrons. The molecule has 0 unspecified atom stereocenters. The molecule has 2 aliphatic rings. The molecule has 0 aromatic heterocycles. The third-order valence-electron chi connectivity index (χ3n) is 7.25. The maximum Gasteiger partial charge on any atom is 0.252 e. The number of hydrogen-bond donors (Lipinski definition) is 2. The summed E-state index contributed by atoms with van der Waals surface area (Å²) in [7, 11) is 0. The minimum Gasteiger partial charge on any atom is -0.356 e. The van der Waals surface area contributed by atoms with Gasteiger partial charge in [-0.1, -0.05) is 75.2 Å². The Morgan fingerprint density at radius 2 is 1.57 bits per heavy atom. The third-order valence-corrected chi connectivity index (χ3v) is 7.67. The fraction of sp³-hybridized carbons (Fsp3) is 0.200. The van der Waals surface area contributed by atoms with Gasteiger partial charge in [0.2, 0.25) is 0 Å². The number of anilines is 6. The number of fused-ring (bicyclic) bond motifs is 4. The predicted molar refractivity (Wildman–Crippen MR) is 156 cm³/mol.